The Morgan fingerprint density at radius 1 is 0.885 bits per heavy atom. The van der Waals surface area contributed by atoms with E-state index in [4.69, 9.17) is 5.73 Å². The molecule has 4 aromatic carbocycles. The number of anilines is 3. The number of carbonyl (C=O) groups excluding carboxylic acids is 2. The fraction of sp³-hybridized carbons (Fsp3) is 0. The van der Waals surface area contributed by atoms with Gasteiger partial charge in [0.2, 0.25) is 5.95 Å². The molecule has 0 aliphatic carbocycles. The Bertz CT molecular complexity index is 2270. The van der Waals surface area contributed by atoms with E-state index in [0.717, 1.165) is 12.1 Å². The number of azo groups is 1. The van der Waals surface area contributed by atoms with E-state index >= 15 is 0 Å². The molecular weight excluding hydrogens is 835 g/mol. The summed E-state index contributed by atoms with van der Waals surface area (Å²) in [4.78, 5) is 33.1. The predicted molar refractivity (Wildman–Crippen MR) is 156 cm³/mol. The average Bonchev–Trinajstić information content (AvgIpc) is 3.02. The molecular formula is C27H15K4N7O12S2. The van der Waals surface area contributed by atoms with Gasteiger partial charge >= 0.3 is 212 Å². The molecule has 0 aliphatic rings. The number of nitrogens with one attached hydrogen (secondary N) is 1. The number of nitrogens with zero attached hydrogens (tertiary/aromatic N) is 5. The van der Waals surface area contributed by atoms with Gasteiger partial charge in [0.25, 0.3) is 0 Å². The first-order valence-corrected chi connectivity index (χ1v) is 14.9. The first kappa shape index (κ1) is 50.6. The summed E-state index contributed by atoms with van der Waals surface area (Å²) in [5, 5.41) is 68.3. The third kappa shape index (κ3) is 12.0. The van der Waals surface area contributed by atoms with Crippen molar-refractivity contribution >= 4 is 73.6 Å². The Hall–Kier alpha value is 0.575. The van der Waals surface area contributed by atoms with Crippen molar-refractivity contribution in [3.05, 3.63) is 71.8 Å². The van der Waals surface area contributed by atoms with E-state index in [1.54, 1.807) is 0 Å². The summed E-state index contributed by atoms with van der Waals surface area (Å²) >= 11 is 0.183. The van der Waals surface area contributed by atoms with Crippen LogP contribution in [-0.2, 0) is 19.5 Å². The fourth-order valence-corrected chi connectivity index (χ4v) is 5.64. The number of nitrogen functional groups attached to an aromatic ring is 1. The van der Waals surface area contributed by atoms with Crippen LogP contribution in [0.4, 0.5) is 28.7 Å². The summed E-state index contributed by atoms with van der Waals surface area (Å²) < 4.78 is 41.8. The predicted octanol–water partition coefficient (Wildman–Crippen LogP) is -11.3. The van der Waals surface area contributed by atoms with Crippen LogP contribution < -0.4 is 232 Å². The van der Waals surface area contributed by atoms with Crippen molar-refractivity contribution in [3.8, 4) is 23.1 Å². The number of aromatic carboxylic acids is 2. The van der Waals surface area contributed by atoms with E-state index in [-0.39, 0.29) is 256 Å². The quantitative estimate of drug-likeness (QED) is 0.0182. The molecule has 0 spiro atoms. The van der Waals surface area contributed by atoms with Crippen molar-refractivity contribution in [1.82, 2.24) is 15.0 Å². The second kappa shape index (κ2) is 22.5. The van der Waals surface area contributed by atoms with Gasteiger partial charge < -0.3 is 50.9 Å². The zero-order valence-electron chi connectivity index (χ0n) is 27.4. The normalized spacial score (nSPS) is 10.7. The van der Waals surface area contributed by atoms with Crippen LogP contribution in [0.3, 0.4) is 0 Å². The Balaban J connectivity index is 0.00000338. The Labute approximate surface area is 467 Å². The number of para-hydroxylation sites is 1. The number of hydrogen-bond acceptors (Lipinski definition) is 20. The molecule has 19 nitrogen and oxygen atoms in total. The maximum absolute atomic E-state index is 12.5. The second-order valence-electron chi connectivity index (χ2n) is 9.25. The molecule has 5 rings (SSSR count). The van der Waals surface area contributed by atoms with Crippen molar-refractivity contribution in [1.29, 1.82) is 0 Å². The van der Waals surface area contributed by atoms with Crippen molar-refractivity contribution in [2.45, 2.75) is 9.79 Å². The van der Waals surface area contributed by atoms with Gasteiger partial charge in [-0.3, -0.25) is 5.04 Å². The SMILES string of the molecule is Nc1c(-c2nc(O)nc(Nc3ccccc3C(=O)[O-])n2)c(S(=O)(=O)[O-])cc2cc(SOO[O-])c(N=Nc3ccccc3C(=O)[O-])c(O)c12.[K+].[K+].[K+].[K+]. The van der Waals surface area contributed by atoms with Crippen molar-refractivity contribution in [3.63, 3.8) is 0 Å². The molecule has 5 N–H and O–H groups in total. The number of benzene rings is 4. The molecule has 5 aromatic rings. The summed E-state index contributed by atoms with van der Waals surface area (Å²) in [5.74, 6) is -5.25. The Morgan fingerprint density at radius 2 is 1.50 bits per heavy atom. The Morgan fingerprint density at radius 3 is 2.12 bits per heavy atom. The largest absolute Gasteiger partial charge is 1.00 e. The Kier molecular flexibility index (Phi) is 21.9. The minimum Gasteiger partial charge on any atom is -0.744 e. The number of nitrogens with two attached hydrogens (primary N) is 1. The van der Waals surface area contributed by atoms with Crippen molar-refractivity contribution < 1.29 is 263 Å². The molecule has 0 saturated heterocycles. The van der Waals surface area contributed by atoms with Gasteiger partial charge in [-0.25, -0.2) is 8.42 Å². The van der Waals surface area contributed by atoms with E-state index in [1.807, 2.05) is 0 Å². The number of carbonyl (C=O) groups is 2. The van der Waals surface area contributed by atoms with E-state index < -0.39 is 67.4 Å². The van der Waals surface area contributed by atoms with Crippen LogP contribution in [0.5, 0.6) is 11.8 Å². The number of carboxylic acids is 2. The van der Waals surface area contributed by atoms with E-state index in [1.165, 1.54) is 48.5 Å². The second-order valence-corrected chi connectivity index (χ2v) is 11.3. The zero-order chi connectivity index (χ0) is 34.7. The maximum atomic E-state index is 12.5. The number of phenolic OH excluding ortho intramolecular Hbond substituents is 1. The summed E-state index contributed by atoms with van der Waals surface area (Å²) in [6.45, 7) is 0. The number of aromatic nitrogens is 3. The molecule has 0 aliphatic heterocycles. The molecule has 1 aromatic heterocycles. The van der Waals surface area contributed by atoms with Gasteiger partial charge in [0, 0.05) is 22.2 Å². The summed E-state index contributed by atoms with van der Waals surface area (Å²) in [7, 11) is -5.43. The molecule has 0 saturated carbocycles. The molecule has 0 unspecified atom stereocenters. The number of hydrogen-bond donors (Lipinski definition) is 4. The first-order valence-electron chi connectivity index (χ1n) is 12.8. The fourth-order valence-electron chi connectivity index (χ4n) is 4.42. The minimum atomic E-state index is -5.43. The van der Waals surface area contributed by atoms with Gasteiger partial charge in [0.05, 0.1) is 50.7 Å². The molecule has 0 amide bonds. The van der Waals surface area contributed by atoms with Crippen LogP contribution in [-0.4, -0.2) is 50.1 Å². The molecule has 246 valence electrons. The van der Waals surface area contributed by atoms with Crippen molar-refractivity contribution in [2.24, 2.45) is 10.2 Å². The molecule has 0 fully saturated rings. The van der Waals surface area contributed by atoms with Crippen LogP contribution in [0.2, 0.25) is 0 Å². The van der Waals surface area contributed by atoms with E-state index in [2.05, 4.69) is 39.9 Å². The van der Waals surface area contributed by atoms with Gasteiger partial charge in [0.1, 0.15) is 15.8 Å². The summed E-state index contributed by atoms with van der Waals surface area (Å²) in [6.07, 6.45) is 0. The minimum absolute atomic E-state index is 0. The van der Waals surface area contributed by atoms with Crippen LogP contribution in [0.1, 0.15) is 20.7 Å². The van der Waals surface area contributed by atoms with Crippen molar-refractivity contribution in [2.75, 3.05) is 11.1 Å². The molecule has 1 heterocycles. The number of fused-ring (bicyclic) bond motifs is 1. The third-order valence-corrected chi connectivity index (χ3v) is 7.86. The van der Waals surface area contributed by atoms with Gasteiger partial charge in [-0.05, 0) is 29.7 Å². The number of phenols is 1. The molecule has 52 heavy (non-hydrogen) atoms. The number of rotatable bonds is 11. The average molecular weight is 850 g/mol. The van der Waals surface area contributed by atoms with E-state index in [0.29, 0.717) is 0 Å². The smallest absolute Gasteiger partial charge is 0.744 e. The number of carboxylic acid groups (broad SMARTS) is 2. The standard InChI is InChI=1S/C27H19N7O12S2.4K/c28-20-18-11(9-16(47-46-45-41)21(22(18)35)34-33-15-8-4-2-6-13(15)25(38)39)10-17(48(42,43)44)19(20)23-30-26(32-27(40)31-23)29-14-7-3-1-5-12(14)24(36)37;;;;/h1-10,35,41H,28H2,(H,36,37)(H,38,39)(H,42,43,44)(H2,29,30,31,32,40);;;;/q;4*+1/p-4. The molecule has 0 bridgehead atoms. The zero-order valence-corrected chi connectivity index (χ0v) is 41.5. The van der Waals surface area contributed by atoms with Crippen LogP contribution in [0, 0.1) is 0 Å². The number of aromatic hydroxyl groups is 2. The van der Waals surface area contributed by atoms with Gasteiger partial charge in [-0.15, -0.1) is 10.2 Å². The van der Waals surface area contributed by atoms with Crippen LogP contribution >= 0.6 is 12.0 Å². The summed E-state index contributed by atoms with van der Waals surface area (Å²) in [5.41, 5.74) is 3.47. The van der Waals surface area contributed by atoms with Gasteiger partial charge in [0.15, 0.2) is 11.6 Å². The monoisotopic (exact) mass is 849 g/mol. The summed E-state index contributed by atoms with van der Waals surface area (Å²) in [6, 6.07) is 11.5. The third-order valence-electron chi connectivity index (χ3n) is 6.38. The molecule has 0 radical (unpaired) electrons. The van der Waals surface area contributed by atoms with Crippen LogP contribution in [0.25, 0.3) is 22.2 Å². The van der Waals surface area contributed by atoms with E-state index in [9.17, 15) is 48.2 Å². The molecule has 25 heteroatoms. The first-order chi connectivity index (χ1) is 22.8. The molecule has 0 atom stereocenters. The van der Waals surface area contributed by atoms with Gasteiger partial charge in [-0.1, -0.05) is 36.4 Å². The topological polar surface area (TPSA) is 321 Å². The van der Waals surface area contributed by atoms with Gasteiger partial charge in [-0.2, -0.15) is 19.3 Å². The maximum Gasteiger partial charge on any atom is 1.00 e. The van der Waals surface area contributed by atoms with Crippen LogP contribution in [0.15, 0.2) is 80.7 Å².